The van der Waals surface area contributed by atoms with Gasteiger partial charge in [0.2, 0.25) is 0 Å². The molecule has 3 aromatic heterocycles. The number of methoxy groups -OCH3 is 1. The average Bonchev–Trinajstić information content (AvgIpc) is 3.29. The van der Waals surface area contributed by atoms with E-state index in [1.807, 2.05) is 6.20 Å². The highest BCUT2D eigenvalue weighted by Gasteiger charge is 2.21. The Balaban J connectivity index is 1.70. The number of aryl methyl sites for hydroxylation is 1. The summed E-state index contributed by atoms with van der Waals surface area (Å²) in [5.74, 6) is 0.942. The topological polar surface area (TPSA) is 52.0 Å². The van der Waals surface area contributed by atoms with E-state index in [-0.39, 0.29) is 0 Å². The molecule has 1 N–H and O–H groups in total. The largest absolute Gasteiger partial charge is 0.495 e. The molecule has 4 heterocycles. The van der Waals surface area contributed by atoms with Crippen molar-refractivity contribution in [2.45, 2.75) is 25.8 Å². The predicted molar refractivity (Wildman–Crippen MR) is 111 cm³/mol. The van der Waals surface area contributed by atoms with Crippen LogP contribution in [0.15, 0.2) is 36.9 Å². The molecule has 1 unspecified atom stereocenters. The average molecular weight is 379 g/mol. The van der Waals surface area contributed by atoms with Crippen LogP contribution in [0.3, 0.4) is 0 Å². The van der Waals surface area contributed by atoms with Gasteiger partial charge in [-0.05, 0) is 49.4 Å². The number of rotatable bonds is 3. The maximum absolute atomic E-state index is 5.62. The second kappa shape index (κ2) is 6.62. The molecule has 0 amide bonds. The minimum absolute atomic E-state index is 0.441. The van der Waals surface area contributed by atoms with E-state index in [1.165, 1.54) is 38.9 Å². The SMILES string of the molecule is COc1cc(C)cc2cc(-c3cn(C4CCCNC4)c4ncncc34)sc12. The summed E-state index contributed by atoms with van der Waals surface area (Å²) in [5.41, 5.74) is 3.44. The Labute approximate surface area is 162 Å². The number of hydrogen-bond donors (Lipinski definition) is 1. The highest BCUT2D eigenvalue weighted by Crippen LogP contribution is 2.42. The summed E-state index contributed by atoms with van der Waals surface area (Å²) in [6, 6.07) is 7.03. The quantitative estimate of drug-likeness (QED) is 0.568. The first kappa shape index (κ1) is 16.7. The van der Waals surface area contributed by atoms with Crippen LogP contribution in [0.5, 0.6) is 5.75 Å². The highest BCUT2D eigenvalue weighted by atomic mass is 32.1. The molecule has 1 saturated heterocycles. The third-order valence-electron chi connectivity index (χ3n) is 5.37. The third-order valence-corrected chi connectivity index (χ3v) is 6.57. The second-order valence-electron chi connectivity index (χ2n) is 7.21. The number of fused-ring (bicyclic) bond motifs is 2. The Morgan fingerprint density at radius 2 is 2.22 bits per heavy atom. The molecule has 138 valence electrons. The van der Waals surface area contributed by atoms with E-state index >= 15 is 0 Å². The van der Waals surface area contributed by atoms with Crippen LogP contribution >= 0.6 is 11.3 Å². The van der Waals surface area contributed by atoms with E-state index in [0.717, 1.165) is 29.9 Å². The van der Waals surface area contributed by atoms with Crippen molar-refractivity contribution < 1.29 is 4.74 Å². The van der Waals surface area contributed by atoms with Crippen LogP contribution in [-0.2, 0) is 0 Å². The van der Waals surface area contributed by atoms with Crippen molar-refractivity contribution in [2.24, 2.45) is 0 Å². The van der Waals surface area contributed by atoms with Gasteiger partial charge in [-0.2, -0.15) is 0 Å². The fraction of sp³-hybridized carbons (Fsp3) is 0.333. The lowest BCUT2D eigenvalue weighted by Gasteiger charge is -2.24. The fourth-order valence-electron chi connectivity index (χ4n) is 4.08. The maximum Gasteiger partial charge on any atom is 0.144 e. The van der Waals surface area contributed by atoms with Crippen molar-refractivity contribution in [1.82, 2.24) is 19.9 Å². The molecule has 0 bridgehead atoms. The van der Waals surface area contributed by atoms with Gasteiger partial charge in [-0.3, -0.25) is 0 Å². The molecule has 1 aliphatic heterocycles. The molecule has 6 heteroatoms. The van der Waals surface area contributed by atoms with Gasteiger partial charge in [-0.15, -0.1) is 11.3 Å². The third kappa shape index (κ3) is 2.80. The Morgan fingerprint density at radius 3 is 3.04 bits per heavy atom. The zero-order chi connectivity index (χ0) is 18.4. The van der Waals surface area contributed by atoms with Gasteiger partial charge < -0.3 is 14.6 Å². The van der Waals surface area contributed by atoms with Crippen LogP contribution in [0.4, 0.5) is 0 Å². The number of ether oxygens (including phenoxy) is 1. The minimum Gasteiger partial charge on any atom is -0.495 e. The maximum atomic E-state index is 5.62. The van der Waals surface area contributed by atoms with Crippen LogP contribution in [0.2, 0.25) is 0 Å². The highest BCUT2D eigenvalue weighted by molar-refractivity contribution is 7.22. The summed E-state index contributed by atoms with van der Waals surface area (Å²) in [5, 5.41) is 5.85. The molecule has 0 spiro atoms. The van der Waals surface area contributed by atoms with Crippen molar-refractivity contribution in [1.29, 1.82) is 0 Å². The lowest BCUT2D eigenvalue weighted by atomic mass is 10.1. The van der Waals surface area contributed by atoms with Gasteiger partial charge >= 0.3 is 0 Å². The standard InChI is InChI=1S/C21H22N4OS/c1-13-6-14-8-19(27-20(14)18(7-13)26-2)17-11-25(15-4-3-5-22-9-15)21-16(17)10-23-12-24-21/h6-8,10-12,15,22H,3-5,9H2,1-2H3. The number of hydrogen-bond acceptors (Lipinski definition) is 5. The van der Waals surface area contributed by atoms with E-state index in [2.05, 4.69) is 51.2 Å². The zero-order valence-corrected chi connectivity index (χ0v) is 16.3. The first-order valence-corrected chi connectivity index (χ1v) is 10.2. The molecule has 0 saturated carbocycles. The predicted octanol–water partition coefficient (Wildman–Crippen LogP) is 4.55. The number of nitrogens with one attached hydrogen (secondary N) is 1. The summed E-state index contributed by atoms with van der Waals surface area (Å²) < 4.78 is 9.15. The summed E-state index contributed by atoms with van der Waals surface area (Å²) in [6.45, 7) is 4.20. The fourth-order valence-corrected chi connectivity index (χ4v) is 5.24. The number of benzene rings is 1. The van der Waals surface area contributed by atoms with Crippen molar-refractivity contribution in [3.63, 3.8) is 0 Å². The normalized spacial score (nSPS) is 17.6. The van der Waals surface area contributed by atoms with Crippen LogP contribution in [0.1, 0.15) is 24.4 Å². The molecule has 1 aliphatic rings. The van der Waals surface area contributed by atoms with Crippen LogP contribution in [0, 0.1) is 6.92 Å². The number of nitrogens with zero attached hydrogens (tertiary/aromatic N) is 3. The summed E-state index contributed by atoms with van der Waals surface area (Å²) >= 11 is 1.78. The van der Waals surface area contributed by atoms with Crippen molar-refractivity contribution >= 4 is 32.5 Å². The zero-order valence-electron chi connectivity index (χ0n) is 15.5. The molecule has 4 aromatic rings. The van der Waals surface area contributed by atoms with E-state index < -0.39 is 0 Å². The molecule has 0 radical (unpaired) electrons. The summed E-state index contributed by atoms with van der Waals surface area (Å²) in [6.07, 6.45) is 8.23. The van der Waals surface area contributed by atoms with Gasteiger partial charge in [0, 0.05) is 40.8 Å². The second-order valence-corrected chi connectivity index (χ2v) is 8.26. The molecular weight excluding hydrogens is 356 g/mol. The van der Waals surface area contributed by atoms with Gasteiger partial charge in [0.25, 0.3) is 0 Å². The number of thiophene rings is 1. The van der Waals surface area contributed by atoms with Gasteiger partial charge in [-0.1, -0.05) is 6.07 Å². The van der Waals surface area contributed by atoms with E-state index in [1.54, 1.807) is 24.8 Å². The molecule has 1 aromatic carbocycles. The Hall–Kier alpha value is -2.44. The first-order valence-electron chi connectivity index (χ1n) is 9.34. The lowest BCUT2D eigenvalue weighted by molar-refractivity contribution is 0.378. The smallest absolute Gasteiger partial charge is 0.144 e. The van der Waals surface area contributed by atoms with Crippen LogP contribution < -0.4 is 10.1 Å². The van der Waals surface area contributed by atoms with Crippen molar-refractivity contribution in [3.8, 4) is 16.2 Å². The molecular formula is C21H22N4OS. The number of piperidine rings is 1. The molecule has 1 fully saturated rings. The summed E-state index contributed by atoms with van der Waals surface area (Å²) in [7, 11) is 1.74. The van der Waals surface area contributed by atoms with Gasteiger partial charge in [0.15, 0.2) is 0 Å². The first-order chi connectivity index (χ1) is 13.2. The lowest BCUT2D eigenvalue weighted by Crippen LogP contribution is -2.31. The molecule has 27 heavy (non-hydrogen) atoms. The van der Waals surface area contributed by atoms with Crippen LogP contribution in [0.25, 0.3) is 31.6 Å². The summed E-state index contributed by atoms with van der Waals surface area (Å²) in [4.78, 5) is 10.1. The van der Waals surface area contributed by atoms with E-state index in [9.17, 15) is 0 Å². The molecule has 1 atom stereocenters. The number of aromatic nitrogens is 3. The van der Waals surface area contributed by atoms with Gasteiger partial charge in [0.05, 0.1) is 11.8 Å². The minimum atomic E-state index is 0.441. The molecule has 5 rings (SSSR count). The molecule has 0 aliphatic carbocycles. The monoisotopic (exact) mass is 378 g/mol. The van der Waals surface area contributed by atoms with E-state index in [4.69, 9.17) is 4.74 Å². The van der Waals surface area contributed by atoms with Crippen LogP contribution in [-0.4, -0.2) is 34.7 Å². The van der Waals surface area contributed by atoms with Crippen molar-refractivity contribution in [2.75, 3.05) is 20.2 Å². The van der Waals surface area contributed by atoms with E-state index in [0.29, 0.717) is 6.04 Å². The van der Waals surface area contributed by atoms with Gasteiger partial charge in [0.1, 0.15) is 17.7 Å². The Kier molecular flexibility index (Phi) is 4.10. The van der Waals surface area contributed by atoms with Gasteiger partial charge in [-0.25, -0.2) is 9.97 Å². The Bertz CT molecular complexity index is 1120. The van der Waals surface area contributed by atoms with Crippen molar-refractivity contribution in [3.05, 3.63) is 42.5 Å². The molecule has 5 nitrogen and oxygen atoms in total. The Morgan fingerprint density at radius 1 is 1.30 bits per heavy atom.